The molecule has 1 unspecified atom stereocenters. The highest BCUT2D eigenvalue weighted by molar-refractivity contribution is 14.0. The molecule has 31 heavy (non-hydrogen) atoms. The lowest BCUT2D eigenvalue weighted by Gasteiger charge is -2.33. The molecule has 0 aliphatic carbocycles. The van der Waals surface area contributed by atoms with Gasteiger partial charge in [0.2, 0.25) is 0 Å². The van der Waals surface area contributed by atoms with E-state index in [0.29, 0.717) is 17.8 Å². The molecule has 172 valence electrons. The summed E-state index contributed by atoms with van der Waals surface area (Å²) >= 11 is 0. The van der Waals surface area contributed by atoms with Gasteiger partial charge in [0.15, 0.2) is 17.5 Å². The molecule has 1 aromatic carbocycles. The monoisotopic (exact) mass is 546 g/mol. The first kappa shape index (κ1) is 25.4. The molecule has 1 saturated heterocycles. The van der Waals surface area contributed by atoms with Crippen LogP contribution in [0.2, 0.25) is 0 Å². The van der Waals surface area contributed by atoms with Crippen LogP contribution >= 0.6 is 24.0 Å². The predicted molar refractivity (Wildman–Crippen MR) is 129 cm³/mol. The summed E-state index contributed by atoms with van der Waals surface area (Å²) < 4.78 is 24.1. The second kappa shape index (κ2) is 12.9. The molecule has 1 fully saturated rings. The van der Waals surface area contributed by atoms with E-state index in [1.165, 1.54) is 7.11 Å². The van der Waals surface area contributed by atoms with E-state index in [-0.39, 0.29) is 42.1 Å². The number of piperidine rings is 1. The third-order valence-corrected chi connectivity index (χ3v) is 5.19. The Kier molecular flexibility index (Phi) is 10.6. The highest BCUT2D eigenvalue weighted by Gasteiger charge is 2.21. The van der Waals surface area contributed by atoms with E-state index in [1.807, 2.05) is 13.0 Å². The molecule has 1 aliphatic heterocycles. The van der Waals surface area contributed by atoms with Crippen molar-refractivity contribution in [2.75, 3.05) is 33.3 Å². The normalized spacial score (nSPS) is 16.5. The first-order chi connectivity index (χ1) is 14.6. The number of likely N-dealkylation sites (tertiary alicyclic amines) is 1. The maximum absolute atomic E-state index is 13.9. The Balaban J connectivity index is 0.00000341. The molecule has 9 heteroatoms. The van der Waals surface area contributed by atoms with Crippen molar-refractivity contribution in [3.05, 3.63) is 53.7 Å². The number of guanidine groups is 1. The lowest BCUT2D eigenvalue weighted by Crippen LogP contribution is -2.48. The van der Waals surface area contributed by atoms with E-state index in [1.54, 1.807) is 30.5 Å². The Hall–Kier alpha value is -1.85. The molecule has 0 amide bonds. The van der Waals surface area contributed by atoms with Crippen LogP contribution in [0.15, 0.2) is 46.0 Å². The van der Waals surface area contributed by atoms with Gasteiger partial charge in [0.05, 0.1) is 19.9 Å². The second-order valence-corrected chi connectivity index (χ2v) is 7.41. The lowest BCUT2D eigenvalue weighted by molar-refractivity contribution is 0.158. The first-order valence-electron chi connectivity index (χ1n) is 10.4. The maximum atomic E-state index is 13.9. The van der Waals surface area contributed by atoms with Crippen molar-refractivity contribution >= 4 is 29.9 Å². The number of hydrogen-bond donors (Lipinski definition) is 3. The minimum atomic E-state index is -0.762. The number of nitrogens with zero attached hydrogens (tertiary/aromatic N) is 2. The van der Waals surface area contributed by atoms with Gasteiger partial charge in [-0.3, -0.25) is 9.89 Å². The van der Waals surface area contributed by atoms with Gasteiger partial charge in [0.1, 0.15) is 11.9 Å². The van der Waals surface area contributed by atoms with Gasteiger partial charge in [0.25, 0.3) is 0 Å². The summed E-state index contributed by atoms with van der Waals surface area (Å²) in [6.07, 6.45) is 2.70. The topological polar surface area (TPSA) is 82.3 Å². The number of aliphatic hydroxyl groups is 1. The van der Waals surface area contributed by atoms with Crippen LogP contribution in [0.4, 0.5) is 4.39 Å². The maximum Gasteiger partial charge on any atom is 0.191 e. The smallest absolute Gasteiger partial charge is 0.191 e. The summed E-state index contributed by atoms with van der Waals surface area (Å²) in [7, 11) is 1.47. The fourth-order valence-corrected chi connectivity index (χ4v) is 3.56. The van der Waals surface area contributed by atoms with Crippen molar-refractivity contribution in [3.8, 4) is 5.75 Å². The average molecular weight is 546 g/mol. The summed E-state index contributed by atoms with van der Waals surface area (Å²) in [6.45, 7) is 5.53. The van der Waals surface area contributed by atoms with Crippen LogP contribution in [-0.2, 0) is 6.54 Å². The van der Waals surface area contributed by atoms with E-state index < -0.39 is 6.10 Å². The molecule has 1 aromatic heterocycles. The Morgan fingerprint density at radius 2 is 2.13 bits per heavy atom. The molecule has 0 saturated carbocycles. The number of methoxy groups -OCH3 is 1. The molecular formula is C22H32FIN4O3. The number of rotatable bonds is 8. The van der Waals surface area contributed by atoms with Crippen molar-refractivity contribution in [3.63, 3.8) is 0 Å². The zero-order chi connectivity index (χ0) is 21.3. The Morgan fingerprint density at radius 1 is 1.35 bits per heavy atom. The van der Waals surface area contributed by atoms with Crippen LogP contribution in [0.5, 0.6) is 5.75 Å². The van der Waals surface area contributed by atoms with Crippen LogP contribution in [0.1, 0.15) is 37.2 Å². The third kappa shape index (κ3) is 7.65. The molecule has 0 bridgehead atoms. The van der Waals surface area contributed by atoms with Crippen molar-refractivity contribution in [2.45, 2.75) is 38.5 Å². The van der Waals surface area contributed by atoms with E-state index in [2.05, 4.69) is 20.5 Å². The average Bonchev–Trinajstić information content (AvgIpc) is 3.28. The van der Waals surface area contributed by atoms with E-state index in [9.17, 15) is 9.50 Å². The quantitative estimate of drug-likeness (QED) is 0.268. The molecule has 7 nitrogen and oxygen atoms in total. The van der Waals surface area contributed by atoms with Crippen LogP contribution < -0.4 is 15.4 Å². The summed E-state index contributed by atoms with van der Waals surface area (Å²) in [4.78, 5) is 6.82. The lowest BCUT2D eigenvalue weighted by atomic mass is 10.0. The zero-order valence-electron chi connectivity index (χ0n) is 18.0. The molecule has 1 atom stereocenters. The van der Waals surface area contributed by atoms with Gasteiger partial charge < -0.3 is 24.9 Å². The van der Waals surface area contributed by atoms with Crippen LogP contribution in [0.25, 0.3) is 0 Å². The summed E-state index contributed by atoms with van der Waals surface area (Å²) in [5.74, 6) is 1.15. The third-order valence-electron chi connectivity index (χ3n) is 5.19. The van der Waals surface area contributed by atoms with Crippen molar-refractivity contribution in [1.29, 1.82) is 0 Å². The Morgan fingerprint density at radius 3 is 2.74 bits per heavy atom. The Bertz CT molecular complexity index is 811. The van der Waals surface area contributed by atoms with Crippen molar-refractivity contribution < 1.29 is 18.7 Å². The van der Waals surface area contributed by atoms with E-state index in [4.69, 9.17) is 9.15 Å². The van der Waals surface area contributed by atoms with Gasteiger partial charge in [0, 0.05) is 32.2 Å². The minimum Gasteiger partial charge on any atom is -0.494 e. The number of aliphatic imine (C=N–C) groups is 1. The van der Waals surface area contributed by atoms with E-state index >= 15 is 0 Å². The highest BCUT2D eigenvalue weighted by Crippen LogP contribution is 2.20. The molecule has 3 N–H and O–H groups in total. The number of ether oxygens (including phenoxy) is 1. The van der Waals surface area contributed by atoms with Crippen molar-refractivity contribution in [2.24, 2.45) is 4.99 Å². The van der Waals surface area contributed by atoms with E-state index in [0.717, 1.165) is 44.6 Å². The summed E-state index contributed by atoms with van der Waals surface area (Å²) in [5, 5.41) is 16.9. The van der Waals surface area contributed by atoms with Gasteiger partial charge in [-0.15, -0.1) is 24.0 Å². The fraction of sp³-hybridized carbons (Fsp3) is 0.500. The largest absolute Gasteiger partial charge is 0.494 e. The number of halogens is 2. The van der Waals surface area contributed by atoms with Gasteiger partial charge in [-0.1, -0.05) is 6.07 Å². The number of aliphatic hydroxyl groups excluding tert-OH is 1. The van der Waals surface area contributed by atoms with Gasteiger partial charge >= 0.3 is 0 Å². The standard InChI is InChI=1S/C22H31FN4O3.HI/c1-3-24-22(25-14-19(28)21-5-4-12-30-21)26-17-8-10-27(11-9-17)15-16-6-7-20(29-2)18(23)13-16;/h4-7,12-13,17,19,28H,3,8-11,14-15H2,1-2H3,(H2,24,25,26);1H. The predicted octanol–water partition coefficient (Wildman–Crippen LogP) is 3.30. The second-order valence-electron chi connectivity index (χ2n) is 7.41. The first-order valence-corrected chi connectivity index (χ1v) is 10.4. The SMILES string of the molecule is CCNC(=NCC(O)c1ccco1)NC1CCN(Cc2ccc(OC)c(F)c2)CC1.I. The van der Waals surface area contributed by atoms with Crippen LogP contribution in [-0.4, -0.2) is 55.3 Å². The summed E-state index contributed by atoms with van der Waals surface area (Å²) in [6, 6.07) is 8.92. The van der Waals surface area contributed by atoms with Crippen LogP contribution in [0.3, 0.4) is 0 Å². The number of benzene rings is 1. The number of hydrogen-bond acceptors (Lipinski definition) is 5. The van der Waals surface area contributed by atoms with Crippen molar-refractivity contribution in [1.82, 2.24) is 15.5 Å². The Labute approximate surface area is 200 Å². The fourth-order valence-electron chi connectivity index (χ4n) is 3.56. The molecular weight excluding hydrogens is 514 g/mol. The molecule has 2 aromatic rings. The molecule has 0 radical (unpaired) electrons. The zero-order valence-corrected chi connectivity index (χ0v) is 20.3. The molecule has 1 aliphatic rings. The minimum absolute atomic E-state index is 0. The molecule has 3 rings (SSSR count). The van der Waals surface area contributed by atoms with Gasteiger partial charge in [-0.05, 0) is 49.6 Å². The molecule has 2 heterocycles. The van der Waals surface area contributed by atoms with Crippen LogP contribution in [0, 0.1) is 5.82 Å². The van der Waals surface area contributed by atoms with Gasteiger partial charge in [-0.25, -0.2) is 4.39 Å². The highest BCUT2D eigenvalue weighted by atomic mass is 127. The summed E-state index contributed by atoms with van der Waals surface area (Å²) in [5.41, 5.74) is 0.946. The molecule has 0 spiro atoms. The number of nitrogens with one attached hydrogen (secondary N) is 2. The van der Waals surface area contributed by atoms with Gasteiger partial charge in [-0.2, -0.15) is 0 Å². The number of furan rings is 1.